The Hall–Kier alpha value is -0.0800. The van der Waals surface area contributed by atoms with Gasteiger partial charge < -0.3 is 5.32 Å². The molecule has 0 aromatic carbocycles. The molecule has 4 atom stereocenters. The molecule has 2 rings (SSSR count). The van der Waals surface area contributed by atoms with E-state index in [1.165, 1.54) is 45.3 Å². The molecule has 1 saturated carbocycles. The molecule has 0 aromatic rings. The van der Waals surface area contributed by atoms with Crippen molar-refractivity contribution in [3.05, 3.63) is 0 Å². The lowest BCUT2D eigenvalue weighted by atomic mass is 9.91. The molecule has 4 unspecified atom stereocenters. The van der Waals surface area contributed by atoms with Crippen LogP contribution in [0.4, 0.5) is 0 Å². The largest absolute Gasteiger partial charge is 0.314 e. The molecule has 2 fully saturated rings. The van der Waals surface area contributed by atoms with Gasteiger partial charge in [-0.25, -0.2) is 0 Å². The van der Waals surface area contributed by atoms with Crippen LogP contribution in [0.5, 0.6) is 0 Å². The first-order valence-corrected chi connectivity index (χ1v) is 7.24. The maximum atomic E-state index is 3.54. The highest BCUT2D eigenvalue weighted by molar-refractivity contribution is 4.92. The van der Waals surface area contributed by atoms with Crippen LogP contribution in [0, 0.1) is 11.8 Å². The lowest BCUT2D eigenvalue weighted by Gasteiger charge is -2.42. The lowest BCUT2D eigenvalue weighted by molar-refractivity contribution is 0.0780. The molecular formula is C14H28N2. The number of piperazine rings is 1. The summed E-state index contributed by atoms with van der Waals surface area (Å²) in [6, 6.07) is 1.66. The van der Waals surface area contributed by atoms with Crippen LogP contribution in [0.2, 0.25) is 0 Å². The van der Waals surface area contributed by atoms with Crippen molar-refractivity contribution in [2.75, 3.05) is 19.6 Å². The predicted molar refractivity (Wildman–Crippen MR) is 69.6 cm³/mol. The topological polar surface area (TPSA) is 15.3 Å². The van der Waals surface area contributed by atoms with Crippen LogP contribution < -0.4 is 5.32 Å². The van der Waals surface area contributed by atoms with E-state index in [2.05, 4.69) is 31.0 Å². The fraction of sp³-hybridized carbons (Fsp3) is 1.00. The van der Waals surface area contributed by atoms with Gasteiger partial charge in [-0.05, 0) is 31.1 Å². The summed E-state index contributed by atoms with van der Waals surface area (Å²) in [7, 11) is 0. The highest BCUT2D eigenvalue weighted by atomic mass is 15.2. The summed E-state index contributed by atoms with van der Waals surface area (Å²) in [5, 5.41) is 3.54. The van der Waals surface area contributed by atoms with E-state index in [9.17, 15) is 0 Å². The van der Waals surface area contributed by atoms with E-state index in [1.807, 2.05) is 0 Å². The normalized spacial score (nSPS) is 41.4. The van der Waals surface area contributed by atoms with Gasteiger partial charge in [0, 0.05) is 31.7 Å². The summed E-state index contributed by atoms with van der Waals surface area (Å²) in [5.74, 6) is 1.90. The first-order valence-electron chi connectivity index (χ1n) is 7.24. The summed E-state index contributed by atoms with van der Waals surface area (Å²) < 4.78 is 0. The van der Waals surface area contributed by atoms with Crippen LogP contribution in [0.3, 0.4) is 0 Å². The molecule has 0 bridgehead atoms. The molecular weight excluding hydrogens is 196 g/mol. The van der Waals surface area contributed by atoms with Crippen molar-refractivity contribution in [3.63, 3.8) is 0 Å². The van der Waals surface area contributed by atoms with E-state index in [4.69, 9.17) is 0 Å². The zero-order valence-corrected chi connectivity index (χ0v) is 11.2. The van der Waals surface area contributed by atoms with Gasteiger partial charge in [0.2, 0.25) is 0 Å². The van der Waals surface area contributed by atoms with Gasteiger partial charge in [0.05, 0.1) is 0 Å². The van der Waals surface area contributed by atoms with E-state index >= 15 is 0 Å². The molecule has 0 spiro atoms. The second kappa shape index (κ2) is 5.50. The highest BCUT2D eigenvalue weighted by Gasteiger charge is 2.38. The SMILES string of the molecule is CCC1CCC(N2CCNCC2CC)C1C. The van der Waals surface area contributed by atoms with Gasteiger partial charge in [0.1, 0.15) is 0 Å². The van der Waals surface area contributed by atoms with E-state index in [-0.39, 0.29) is 0 Å². The molecule has 1 heterocycles. The molecule has 1 aliphatic heterocycles. The van der Waals surface area contributed by atoms with Crippen molar-refractivity contribution < 1.29 is 0 Å². The number of hydrogen-bond donors (Lipinski definition) is 1. The van der Waals surface area contributed by atoms with Crippen molar-refractivity contribution in [2.45, 2.75) is 58.5 Å². The Bertz CT molecular complexity index is 217. The molecule has 1 saturated heterocycles. The van der Waals surface area contributed by atoms with E-state index in [0.29, 0.717) is 0 Å². The van der Waals surface area contributed by atoms with Crippen molar-refractivity contribution in [2.24, 2.45) is 11.8 Å². The predicted octanol–water partition coefficient (Wildman–Crippen LogP) is 2.49. The van der Waals surface area contributed by atoms with Crippen LogP contribution in [0.25, 0.3) is 0 Å². The third-order valence-electron chi connectivity index (χ3n) is 5.00. The summed E-state index contributed by atoms with van der Waals surface area (Å²) in [4.78, 5) is 2.82. The van der Waals surface area contributed by atoms with Gasteiger partial charge in [-0.2, -0.15) is 0 Å². The van der Waals surface area contributed by atoms with Gasteiger partial charge in [0.25, 0.3) is 0 Å². The first-order chi connectivity index (χ1) is 7.77. The number of hydrogen-bond acceptors (Lipinski definition) is 2. The number of nitrogens with zero attached hydrogens (tertiary/aromatic N) is 1. The average molecular weight is 224 g/mol. The molecule has 94 valence electrons. The van der Waals surface area contributed by atoms with E-state index < -0.39 is 0 Å². The second-order valence-electron chi connectivity index (χ2n) is 5.68. The third kappa shape index (κ3) is 2.28. The van der Waals surface area contributed by atoms with Crippen molar-refractivity contribution >= 4 is 0 Å². The molecule has 1 aliphatic carbocycles. The van der Waals surface area contributed by atoms with E-state index in [1.54, 1.807) is 0 Å². The average Bonchev–Trinajstić information content (AvgIpc) is 2.70. The monoisotopic (exact) mass is 224 g/mol. The Morgan fingerprint density at radius 1 is 1.19 bits per heavy atom. The molecule has 2 aliphatic rings. The molecule has 16 heavy (non-hydrogen) atoms. The summed E-state index contributed by atoms with van der Waals surface area (Å²) in [6.07, 6.45) is 5.58. The molecule has 2 heteroatoms. The standard InChI is InChI=1S/C14H28N2/c1-4-12-6-7-14(11(12)3)16-9-8-15-10-13(16)5-2/h11-15H,4-10H2,1-3H3. The third-order valence-corrected chi connectivity index (χ3v) is 5.00. The van der Waals surface area contributed by atoms with Crippen molar-refractivity contribution in [1.29, 1.82) is 0 Å². The molecule has 0 amide bonds. The van der Waals surface area contributed by atoms with Crippen LogP contribution >= 0.6 is 0 Å². The Kier molecular flexibility index (Phi) is 4.26. The van der Waals surface area contributed by atoms with Crippen molar-refractivity contribution in [1.82, 2.24) is 10.2 Å². The number of rotatable bonds is 3. The molecule has 2 nitrogen and oxygen atoms in total. The molecule has 0 aromatic heterocycles. The maximum absolute atomic E-state index is 3.54. The van der Waals surface area contributed by atoms with Crippen molar-refractivity contribution in [3.8, 4) is 0 Å². The quantitative estimate of drug-likeness (QED) is 0.792. The zero-order valence-electron chi connectivity index (χ0n) is 11.2. The summed E-state index contributed by atoms with van der Waals surface area (Å²) in [6.45, 7) is 10.8. The highest BCUT2D eigenvalue weighted by Crippen LogP contribution is 2.38. The fourth-order valence-electron chi connectivity index (χ4n) is 3.86. The Labute approximate surface area is 101 Å². The first kappa shape index (κ1) is 12.4. The Morgan fingerprint density at radius 3 is 2.62 bits per heavy atom. The second-order valence-corrected chi connectivity index (χ2v) is 5.68. The van der Waals surface area contributed by atoms with Crippen LogP contribution in [0.1, 0.15) is 46.5 Å². The summed E-state index contributed by atoms with van der Waals surface area (Å²) in [5.41, 5.74) is 0. The minimum Gasteiger partial charge on any atom is -0.314 e. The van der Waals surface area contributed by atoms with Crippen LogP contribution in [0.15, 0.2) is 0 Å². The van der Waals surface area contributed by atoms with Gasteiger partial charge in [-0.1, -0.05) is 27.2 Å². The maximum Gasteiger partial charge on any atom is 0.0221 e. The minimum absolute atomic E-state index is 0.789. The Morgan fingerprint density at radius 2 is 2.00 bits per heavy atom. The number of nitrogens with one attached hydrogen (secondary N) is 1. The van der Waals surface area contributed by atoms with Crippen LogP contribution in [-0.2, 0) is 0 Å². The lowest BCUT2D eigenvalue weighted by Crippen LogP contribution is -2.55. The zero-order chi connectivity index (χ0) is 11.5. The fourth-order valence-corrected chi connectivity index (χ4v) is 3.86. The Balaban J connectivity index is 2.00. The molecule has 1 N–H and O–H groups in total. The van der Waals surface area contributed by atoms with Gasteiger partial charge in [-0.3, -0.25) is 4.90 Å². The van der Waals surface area contributed by atoms with Crippen LogP contribution in [-0.4, -0.2) is 36.6 Å². The summed E-state index contributed by atoms with van der Waals surface area (Å²) >= 11 is 0. The van der Waals surface area contributed by atoms with E-state index in [0.717, 1.165) is 23.9 Å². The van der Waals surface area contributed by atoms with Gasteiger partial charge >= 0.3 is 0 Å². The van der Waals surface area contributed by atoms with Gasteiger partial charge in [-0.15, -0.1) is 0 Å². The van der Waals surface area contributed by atoms with Gasteiger partial charge in [0.15, 0.2) is 0 Å². The minimum atomic E-state index is 0.789. The molecule has 0 radical (unpaired) electrons. The smallest absolute Gasteiger partial charge is 0.0221 e.